The van der Waals surface area contributed by atoms with Gasteiger partial charge in [0.05, 0.1) is 16.3 Å². The number of rotatable bonds is 9. The molecule has 0 aliphatic rings. The van der Waals surface area contributed by atoms with Crippen molar-refractivity contribution in [1.29, 1.82) is 0 Å². The van der Waals surface area contributed by atoms with Crippen molar-refractivity contribution >= 4 is 44.7 Å². The van der Waals surface area contributed by atoms with Gasteiger partial charge in [0.25, 0.3) is 0 Å². The molecule has 0 fully saturated rings. The van der Waals surface area contributed by atoms with Crippen molar-refractivity contribution in [3.05, 3.63) is 59.5 Å². The Balaban J connectivity index is 1.66. The quantitative estimate of drug-likeness (QED) is 0.446. The SMILES string of the molecule is CCN(CC)S(=O)(=O)c1ccc(C)c(NC(=O)CSc2nc(-c3ccccc3)cs2)c1. The molecule has 0 spiro atoms. The number of amides is 1. The van der Waals surface area contributed by atoms with Crippen molar-refractivity contribution in [3.8, 4) is 11.3 Å². The molecule has 0 radical (unpaired) electrons. The molecule has 6 nitrogen and oxygen atoms in total. The lowest BCUT2D eigenvalue weighted by atomic mass is 10.2. The number of benzene rings is 2. The Morgan fingerprint density at radius 3 is 2.52 bits per heavy atom. The van der Waals surface area contributed by atoms with Crippen LogP contribution in [0.15, 0.2) is 63.1 Å². The molecule has 1 amide bonds. The highest BCUT2D eigenvalue weighted by molar-refractivity contribution is 8.01. The van der Waals surface area contributed by atoms with Crippen molar-refractivity contribution in [2.24, 2.45) is 0 Å². The van der Waals surface area contributed by atoms with Crippen molar-refractivity contribution < 1.29 is 13.2 Å². The summed E-state index contributed by atoms with van der Waals surface area (Å²) in [6, 6.07) is 14.7. The van der Waals surface area contributed by atoms with E-state index in [2.05, 4.69) is 10.3 Å². The van der Waals surface area contributed by atoms with Gasteiger partial charge in [-0.2, -0.15) is 4.31 Å². The highest BCUT2D eigenvalue weighted by Gasteiger charge is 2.22. The predicted octanol–water partition coefficient (Wildman–Crippen LogP) is 4.88. The molecule has 164 valence electrons. The first-order valence-corrected chi connectivity index (χ1v) is 13.2. The fourth-order valence-corrected chi connectivity index (χ4v) is 6.11. The second kappa shape index (κ2) is 10.4. The van der Waals surface area contributed by atoms with Gasteiger partial charge in [0.1, 0.15) is 0 Å². The lowest BCUT2D eigenvalue weighted by Crippen LogP contribution is -2.30. The Bertz CT molecular complexity index is 1140. The molecule has 0 aliphatic carbocycles. The first-order valence-electron chi connectivity index (χ1n) is 9.89. The van der Waals surface area contributed by atoms with Gasteiger partial charge in [0.2, 0.25) is 15.9 Å². The van der Waals surface area contributed by atoms with Gasteiger partial charge in [-0.25, -0.2) is 13.4 Å². The van der Waals surface area contributed by atoms with E-state index >= 15 is 0 Å². The number of carbonyl (C=O) groups excluding carboxylic acids is 1. The van der Waals surface area contributed by atoms with Crippen LogP contribution in [0.3, 0.4) is 0 Å². The number of hydrogen-bond acceptors (Lipinski definition) is 6. The number of aryl methyl sites for hydroxylation is 1. The van der Waals surface area contributed by atoms with E-state index < -0.39 is 10.0 Å². The van der Waals surface area contributed by atoms with Crippen LogP contribution in [-0.2, 0) is 14.8 Å². The molecule has 0 bridgehead atoms. The number of hydrogen-bond donors (Lipinski definition) is 1. The maximum atomic E-state index is 12.8. The van der Waals surface area contributed by atoms with Gasteiger partial charge < -0.3 is 5.32 Å². The van der Waals surface area contributed by atoms with E-state index in [0.717, 1.165) is 21.2 Å². The molecule has 0 unspecified atom stereocenters. The van der Waals surface area contributed by atoms with Crippen LogP contribution in [0, 0.1) is 6.92 Å². The standard InChI is InChI=1S/C22H25N3O3S3/c1-4-25(5-2)31(27,28)18-12-11-16(3)19(13-18)23-21(26)15-30-22-24-20(14-29-22)17-9-7-6-8-10-17/h6-14H,4-5,15H2,1-3H3,(H,23,26). The van der Waals surface area contributed by atoms with Gasteiger partial charge in [-0.3, -0.25) is 4.79 Å². The van der Waals surface area contributed by atoms with E-state index in [1.54, 1.807) is 26.0 Å². The summed E-state index contributed by atoms with van der Waals surface area (Å²) in [6.07, 6.45) is 0. The third-order valence-corrected chi connectivity index (χ3v) is 8.77. The smallest absolute Gasteiger partial charge is 0.243 e. The Kier molecular flexibility index (Phi) is 7.88. The first-order chi connectivity index (χ1) is 14.8. The summed E-state index contributed by atoms with van der Waals surface area (Å²) < 4.78 is 27.8. The zero-order chi connectivity index (χ0) is 22.4. The number of anilines is 1. The minimum Gasteiger partial charge on any atom is -0.325 e. The molecule has 3 aromatic rings. The van der Waals surface area contributed by atoms with Gasteiger partial charge in [0, 0.05) is 29.7 Å². The highest BCUT2D eigenvalue weighted by Crippen LogP contribution is 2.29. The summed E-state index contributed by atoms with van der Waals surface area (Å²) in [5.74, 6) is -0.0178. The van der Waals surface area contributed by atoms with Crippen LogP contribution in [-0.4, -0.2) is 42.5 Å². The highest BCUT2D eigenvalue weighted by atomic mass is 32.2. The first kappa shape index (κ1) is 23.5. The van der Waals surface area contributed by atoms with Gasteiger partial charge in [-0.05, 0) is 24.6 Å². The van der Waals surface area contributed by atoms with Crippen molar-refractivity contribution in [1.82, 2.24) is 9.29 Å². The number of sulfonamides is 1. The minimum absolute atomic E-state index is 0.178. The molecule has 9 heteroatoms. The number of aromatic nitrogens is 1. The van der Waals surface area contributed by atoms with Gasteiger partial charge in [0.15, 0.2) is 4.34 Å². The lowest BCUT2D eigenvalue weighted by molar-refractivity contribution is -0.113. The van der Waals surface area contributed by atoms with E-state index in [1.807, 2.05) is 42.6 Å². The molecule has 3 rings (SSSR count). The largest absolute Gasteiger partial charge is 0.325 e. The molecule has 0 saturated heterocycles. The summed E-state index contributed by atoms with van der Waals surface area (Å²) in [5.41, 5.74) is 3.23. The fourth-order valence-electron chi connectivity index (χ4n) is 2.99. The second-order valence-electron chi connectivity index (χ2n) is 6.77. The van der Waals surface area contributed by atoms with Crippen LogP contribution in [0.25, 0.3) is 11.3 Å². The van der Waals surface area contributed by atoms with E-state index in [4.69, 9.17) is 0 Å². The maximum absolute atomic E-state index is 12.8. The third-order valence-electron chi connectivity index (χ3n) is 4.71. The topological polar surface area (TPSA) is 79.4 Å². The molecule has 0 saturated carbocycles. The van der Waals surface area contributed by atoms with E-state index in [-0.39, 0.29) is 16.6 Å². The average molecular weight is 476 g/mol. The molecular weight excluding hydrogens is 450 g/mol. The van der Waals surface area contributed by atoms with E-state index in [0.29, 0.717) is 18.8 Å². The second-order valence-corrected chi connectivity index (χ2v) is 10.8. The number of thioether (sulfide) groups is 1. The van der Waals surface area contributed by atoms with Crippen molar-refractivity contribution in [2.75, 3.05) is 24.2 Å². The van der Waals surface area contributed by atoms with E-state index in [1.165, 1.54) is 33.5 Å². The lowest BCUT2D eigenvalue weighted by Gasteiger charge is -2.19. The molecule has 0 aliphatic heterocycles. The molecule has 31 heavy (non-hydrogen) atoms. The molecule has 1 aromatic heterocycles. The Morgan fingerprint density at radius 1 is 1.13 bits per heavy atom. The van der Waals surface area contributed by atoms with Crippen LogP contribution in [0.2, 0.25) is 0 Å². The van der Waals surface area contributed by atoms with Gasteiger partial charge in [-0.1, -0.05) is 62.0 Å². The zero-order valence-electron chi connectivity index (χ0n) is 17.7. The number of nitrogens with one attached hydrogen (secondary N) is 1. The average Bonchev–Trinajstić information content (AvgIpc) is 3.24. The van der Waals surface area contributed by atoms with Crippen LogP contribution in [0.4, 0.5) is 5.69 Å². The number of nitrogens with zero attached hydrogens (tertiary/aromatic N) is 2. The number of carbonyl (C=O) groups is 1. The van der Waals surface area contributed by atoms with Crippen molar-refractivity contribution in [3.63, 3.8) is 0 Å². The van der Waals surface area contributed by atoms with Crippen LogP contribution in [0.5, 0.6) is 0 Å². The van der Waals surface area contributed by atoms with E-state index in [9.17, 15) is 13.2 Å². The fraction of sp³-hybridized carbons (Fsp3) is 0.273. The maximum Gasteiger partial charge on any atom is 0.243 e. The van der Waals surface area contributed by atoms with Crippen LogP contribution < -0.4 is 5.32 Å². The third kappa shape index (κ3) is 5.74. The summed E-state index contributed by atoms with van der Waals surface area (Å²) in [4.78, 5) is 17.3. The predicted molar refractivity (Wildman–Crippen MR) is 128 cm³/mol. The molecular formula is C22H25N3O3S3. The number of thiazole rings is 1. The molecule has 1 N–H and O–H groups in total. The Hall–Kier alpha value is -2.20. The monoisotopic (exact) mass is 475 g/mol. The summed E-state index contributed by atoms with van der Waals surface area (Å²) in [6.45, 7) is 6.23. The summed E-state index contributed by atoms with van der Waals surface area (Å²) >= 11 is 2.86. The Labute approximate surface area is 191 Å². The zero-order valence-corrected chi connectivity index (χ0v) is 20.1. The van der Waals surface area contributed by atoms with Crippen LogP contribution in [0.1, 0.15) is 19.4 Å². The van der Waals surface area contributed by atoms with Crippen LogP contribution >= 0.6 is 23.1 Å². The minimum atomic E-state index is -3.59. The Morgan fingerprint density at radius 2 is 1.84 bits per heavy atom. The van der Waals surface area contributed by atoms with Gasteiger partial charge in [-0.15, -0.1) is 11.3 Å². The normalized spacial score (nSPS) is 11.6. The molecule has 0 atom stereocenters. The molecule has 2 aromatic carbocycles. The molecule has 1 heterocycles. The summed E-state index contributed by atoms with van der Waals surface area (Å²) in [5, 5.41) is 4.81. The van der Waals surface area contributed by atoms with Crippen molar-refractivity contribution in [2.45, 2.75) is 30.0 Å². The van der Waals surface area contributed by atoms with Gasteiger partial charge >= 0.3 is 0 Å². The summed E-state index contributed by atoms with van der Waals surface area (Å²) in [7, 11) is -3.59.